The molecule has 2 N–H and O–H groups in total. The Morgan fingerprint density at radius 2 is 1.89 bits per heavy atom. The van der Waals surface area contributed by atoms with Gasteiger partial charge in [-0.05, 0) is 42.9 Å². The number of rotatable bonds is 4. The summed E-state index contributed by atoms with van der Waals surface area (Å²) in [5.74, 6) is 0.732. The molecule has 1 heterocycles. The highest BCUT2D eigenvalue weighted by Gasteiger charge is 2.16. The van der Waals surface area contributed by atoms with E-state index in [9.17, 15) is 0 Å². The van der Waals surface area contributed by atoms with Crippen molar-refractivity contribution in [3.05, 3.63) is 35.4 Å². The third kappa shape index (κ3) is 4.11. The number of hydrogen-bond donors (Lipinski definition) is 1. The minimum atomic E-state index is 0.374. The Morgan fingerprint density at radius 3 is 2.50 bits per heavy atom. The lowest BCUT2D eigenvalue weighted by Crippen LogP contribution is -2.42. The van der Waals surface area contributed by atoms with Gasteiger partial charge in [-0.25, -0.2) is 0 Å². The zero-order valence-corrected chi connectivity index (χ0v) is 11.7. The van der Waals surface area contributed by atoms with E-state index >= 15 is 0 Å². The average Bonchev–Trinajstić information content (AvgIpc) is 2.31. The van der Waals surface area contributed by atoms with Crippen LogP contribution >= 0.6 is 0 Å². The van der Waals surface area contributed by atoms with Gasteiger partial charge in [0.15, 0.2) is 0 Å². The van der Waals surface area contributed by atoms with Crippen molar-refractivity contribution >= 4 is 0 Å². The maximum atomic E-state index is 6.02. The Bertz CT molecular complexity index is 356. The van der Waals surface area contributed by atoms with Crippen LogP contribution in [0.1, 0.15) is 37.8 Å². The molecule has 0 aliphatic carbocycles. The van der Waals surface area contributed by atoms with E-state index in [1.807, 2.05) is 0 Å². The van der Waals surface area contributed by atoms with Crippen molar-refractivity contribution in [3.8, 4) is 0 Å². The predicted octanol–water partition coefficient (Wildman–Crippen LogP) is 2.81. The van der Waals surface area contributed by atoms with Crippen LogP contribution in [0.4, 0.5) is 0 Å². The van der Waals surface area contributed by atoms with E-state index in [1.165, 1.54) is 36.9 Å². The molecule has 2 heteroatoms. The Labute approximate surface area is 111 Å². The van der Waals surface area contributed by atoms with E-state index in [2.05, 4.69) is 43.0 Å². The lowest BCUT2D eigenvalue weighted by molar-refractivity contribution is 0.201. The van der Waals surface area contributed by atoms with Crippen LogP contribution in [-0.4, -0.2) is 24.0 Å². The number of likely N-dealkylation sites (tertiary alicyclic amines) is 1. The number of piperidine rings is 1. The molecule has 1 aromatic rings. The van der Waals surface area contributed by atoms with Gasteiger partial charge in [-0.1, -0.05) is 38.1 Å². The molecule has 100 valence electrons. The fourth-order valence-corrected chi connectivity index (χ4v) is 2.75. The van der Waals surface area contributed by atoms with Crippen LogP contribution in [0, 0.1) is 5.92 Å². The second-order valence-electron chi connectivity index (χ2n) is 6.05. The molecule has 1 atom stereocenters. The number of benzene rings is 1. The third-order valence-corrected chi connectivity index (χ3v) is 3.62. The highest BCUT2D eigenvalue weighted by atomic mass is 15.1. The van der Waals surface area contributed by atoms with Gasteiger partial charge in [0.05, 0.1) is 0 Å². The fourth-order valence-electron chi connectivity index (χ4n) is 2.75. The molecule has 1 fully saturated rings. The molecule has 0 bridgehead atoms. The molecule has 1 aromatic carbocycles. The molecular formula is C16H26N2. The minimum absolute atomic E-state index is 0.374. The first-order valence-corrected chi connectivity index (χ1v) is 7.19. The SMILES string of the molecule is CC(C)Cc1ccc(CN2CCCC(N)C2)cc1. The summed E-state index contributed by atoms with van der Waals surface area (Å²) in [4.78, 5) is 2.48. The van der Waals surface area contributed by atoms with Crippen LogP contribution in [0.25, 0.3) is 0 Å². The lowest BCUT2D eigenvalue weighted by Gasteiger charge is -2.30. The zero-order chi connectivity index (χ0) is 13.0. The van der Waals surface area contributed by atoms with Gasteiger partial charge in [0, 0.05) is 19.1 Å². The van der Waals surface area contributed by atoms with Gasteiger partial charge >= 0.3 is 0 Å². The lowest BCUT2D eigenvalue weighted by atomic mass is 10.0. The van der Waals surface area contributed by atoms with E-state index in [1.54, 1.807) is 0 Å². The van der Waals surface area contributed by atoms with Crippen LogP contribution < -0.4 is 5.73 Å². The normalized spacial score (nSPS) is 21.4. The maximum absolute atomic E-state index is 6.02. The second kappa shape index (κ2) is 6.35. The summed E-state index contributed by atoms with van der Waals surface area (Å²) in [7, 11) is 0. The second-order valence-corrected chi connectivity index (χ2v) is 6.05. The predicted molar refractivity (Wildman–Crippen MR) is 77.5 cm³/mol. The molecule has 2 nitrogen and oxygen atoms in total. The summed E-state index contributed by atoms with van der Waals surface area (Å²) in [6.07, 6.45) is 3.60. The van der Waals surface area contributed by atoms with Gasteiger partial charge < -0.3 is 5.73 Å². The van der Waals surface area contributed by atoms with Gasteiger partial charge in [-0.2, -0.15) is 0 Å². The summed E-state index contributed by atoms with van der Waals surface area (Å²) in [6, 6.07) is 9.48. The van der Waals surface area contributed by atoms with Gasteiger partial charge in [-0.3, -0.25) is 4.90 Å². The van der Waals surface area contributed by atoms with Gasteiger partial charge in [0.2, 0.25) is 0 Å². The van der Waals surface area contributed by atoms with Crippen molar-refractivity contribution < 1.29 is 0 Å². The van der Waals surface area contributed by atoms with Crippen molar-refractivity contribution in [2.24, 2.45) is 11.7 Å². The molecule has 1 saturated heterocycles. The minimum Gasteiger partial charge on any atom is -0.327 e. The van der Waals surface area contributed by atoms with Crippen molar-refractivity contribution in [1.29, 1.82) is 0 Å². The largest absolute Gasteiger partial charge is 0.327 e. The first-order valence-electron chi connectivity index (χ1n) is 7.19. The highest BCUT2D eigenvalue weighted by molar-refractivity contribution is 5.22. The first kappa shape index (κ1) is 13.6. The maximum Gasteiger partial charge on any atom is 0.0234 e. The summed E-state index contributed by atoms with van der Waals surface area (Å²) in [5.41, 5.74) is 8.88. The number of nitrogens with zero attached hydrogens (tertiary/aromatic N) is 1. The van der Waals surface area contributed by atoms with Gasteiger partial charge in [-0.15, -0.1) is 0 Å². The Morgan fingerprint density at radius 1 is 1.22 bits per heavy atom. The van der Waals surface area contributed by atoms with E-state index in [4.69, 9.17) is 5.73 Å². The standard InChI is InChI=1S/C16H26N2/c1-13(2)10-14-5-7-15(8-6-14)11-18-9-3-4-16(17)12-18/h5-8,13,16H,3-4,9-12,17H2,1-2H3. The molecule has 0 aromatic heterocycles. The molecule has 0 spiro atoms. The summed E-state index contributed by atoms with van der Waals surface area (Å²) >= 11 is 0. The molecular weight excluding hydrogens is 220 g/mol. The molecule has 1 aliphatic heterocycles. The Balaban J connectivity index is 1.89. The number of nitrogens with two attached hydrogens (primary N) is 1. The van der Waals surface area contributed by atoms with Crippen molar-refractivity contribution in [2.75, 3.05) is 13.1 Å². The summed E-state index contributed by atoms with van der Waals surface area (Å²) in [6.45, 7) is 7.83. The monoisotopic (exact) mass is 246 g/mol. The molecule has 0 radical (unpaired) electrons. The number of hydrogen-bond acceptors (Lipinski definition) is 2. The molecule has 18 heavy (non-hydrogen) atoms. The zero-order valence-electron chi connectivity index (χ0n) is 11.7. The van der Waals surface area contributed by atoms with Gasteiger partial charge in [0.25, 0.3) is 0 Å². The molecule has 0 amide bonds. The summed E-state index contributed by atoms with van der Waals surface area (Å²) in [5, 5.41) is 0. The topological polar surface area (TPSA) is 29.3 Å². The van der Waals surface area contributed by atoms with Crippen LogP contribution in [0.5, 0.6) is 0 Å². The quantitative estimate of drug-likeness (QED) is 0.885. The van der Waals surface area contributed by atoms with Crippen LogP contribution in [0.3, 0.4) is 0 Å². The van der Waals surface area contributed by atoms with Crippen molar-refractivity contribution in [2.45, 2.75) is 45.7 Å². The van der Waals surface area contributed by atoms with E-state index in [0.29, 0.717) is 6.04 Å². The third-order valence-electron chi connectivity index (χ3n) is 3.62. The van der Waals surface area contributed by atoms with E-state index in [-0.39, 0.29) is 0 Å². The van der Waals surface area contributed by atoms with Crippen molar-refractivity contribution in [1.82, 2.24) is 4.90 Å². The smallest absolute Gasteiger partial charge is 0.0234 e. The Kier molecular flexibility index (Phi) is 4.79. The summed E-state index contributed by atoms with van der Waals surface area (Å²) < 4.78 is 0. The van der Waals surface area contributed by atoms with Crippen LogP contribution in [0.2, 0.25) is 0 Å². The fraction of sp³-hybridized carbons (Fsp3) is 0.625. The molecule has 1 unspecified atom stereocenters. The Hall–Kier alpha value is -0.860. The molecule has 2 rings (SSSR count). The van der Waals surface area contributed by atoms with E-state index in [0.717, 1.165) is 19.0 Å². The van der Waals surface area contributed by atoms with Crippen LogP contribution in [0.15, 0.2) is 24.3 Å². The van der Waals surface area contributed by atoms with Crippen molar-refractivity contribution in [3.63, 3.8) is 0 Å². The highest BCUT2D eigenvalue weighted by Crippen LogP contribution is 2.14. The van der Waals surface area contributed by atoms with E-state index < -0.39 is 0 Å². The first-order chi connectivity index (χ1) is 8.63. The van der Waals surface area contributed by atoms with Gasteiger partial charge in [0.1, 0.15) is 0 Å². The van der Waals surface area contributed by atoms with Crippen LogP contribution in [-0.2, 0) is 13.0 Å². The molecule has 0 saturated carbocycles. The average molecular weight is 246 g/mol. The molecule has 1 aliphatic rings.